The van der Waals surface area contributed by atoms with Crippen LogP contribution in [0, 0.1) is 0 Å². The van der Waals surface area contributed by atoms with Crippen LogP contribution in [0.2, 0.25) is 0 Å². The Kier molecular flexibility index (Phi) is 2.27. The van der Waals surface area contributed by atoms with Gasteiger partial charge in [0, 0.05) is 23.5 Å². The molecular formula is C13H17NO2. The summed E-state index contributed by atoms with van der Waals surface area (Å²) in [6, 6.07) is 2.24. The van der Waals surface area contributed by atoms with Gasteiger partial charge in [0.25, 0.3) is 0 Å². The Morgan fingerprint density at radius 1 is 1.44 bits per heavy atom. The van der Waals surface area contributed by atoms with Gasteiger partial charge in [0.15, 0.2) is 0 Å². The van der Waals surface area contributed by atoms with Crippen LogP contribution in [-0.2, 0) is 6.42 Å². The van der Waals surface area contributed by atoms with Crippen molar-refractivity contribution in [1.82, 2.24) is 4.98 Å². The summed E-state index contributed by atoms with van der Waals surface area (Å²) in [5, 5.41) is 0. The van der Waals surface area contributed by atoms with Crippen molar-refractivity contribution in [3.63, 3.8) is 0 Å². The van der Waals surface area contributed by atoms with Gasteiger partial charge >= 0.3 is 0 Å². The predicted octanol–water partition coefficient (Wildman–Crippen LogP) is 2.68. The second kappa shape index (κ2) is 3.65. The Balaban J connectivity index is 2.01. The van der Waals surface area contributed by atoms with E-state index in [1.54, 1.807) is 0 Å². The lowest BCUT2D eigenvalue weighted by atomic mass is 9.92. The molecule has 0 N–H and O–H groups in total. The molecule has 1 aromatic rings. The van der Waals surface area contributed by atoms with Crippen LogP contribution in [0.5, 0.6) is 11.8 Å². The first-order valence-electron chi connectivity index (χ1n) is 6.13. The molecule has 2 atom stereocenters. The van der Waals surface area contributed by atoms with Gasteiger partial charge in [-0.05, 0) is 19.4 Å². The Morgan fingerprint density at radius 2 is 2.31 bits per heavy atom. The number of pyridine rings is 1. The van der Waals surface area contributed by atoms with E-state index < -0.39 is 0 Å². The number of fused-ring (bicyclic) bond motifs is 2. The molecule has 0 amide bonds. The summed E-state index contributed by atoms with van der Waals surface area (Å²) in [5.74, 6) is 2.09. The number of hydrogen-bond donors (Lipinski definition) is 0. The number of aromatic nitrogens is 1. The quantitative estimate of drug-likeness (QED) is 0.766. The monoisotopic (exact) mass is 219 g/mol. The topological polar surface area (TPSA) is 31.4 Å². The fourth-order valence-electron chi connectivity index (χ4n) is 2.67. The molecule has 1 aromatic heterocycles. The molecular weight excluding hydrogens is 202 g/mol. The van der Waals surface area contributed by atoms with Crippen LogP contribution in [0.3, 0.4) is 0 Å². The van der Waals surface area contributed by atoms with Crippen molar-refractivity contribution in [3.05, 3.63) is 17.2 Å². The first-order chi connectivity index (χ1) is 7.79. The van der Waals surface area contributed by atoms with Gasteiger partial charge in [0.05, 0.1) is 6.61 Å². The van der Waals surface area contributed by atoms with E-state index >= 15 is 0 Å². The molecule has 0 aromatic carbocycles. The molecule has 0 spiro atoms. The van der Waals surface area contributed by atoms with E-state index in [-0.39, 0.29) is 6.10 Å². The third-order valence-electron chi connectivity index (χ3n) is 3.53. The van der Waals surface area contributed by atoms with Gasteiger partial charge in [-0.15, -0.1) is 0 Å². The van der Waals surface area contributed by atoms with Crippen molar-refractivity contribution >= 4 is 0 Å². The first kappa shape index (κ1) is 9.94. The highest BCUT2D eigenvalue weighted by molar-refractivity contribution is 5.44. The molecule has 0 fully saturated rings. The summed E-state index contributed by atoms with van der Waals surface area (Å²) in [5.41, 5.74) is 2.54. The summed E-state index contributed by atoms with van der Waals surface area (Å²) < 4.78 is 11.3. The molecule has 0 bridgehead atoms. The van der Waals surface area contributed by atoms with Crippen LogP contribution in [0.25, 0.3) is 0 Å². The molecule has 2 aliphatic heterocycles. The van der Waals surface area contributed by atoms with Crippen LogP contribution < -0.4 is 9.47 Å². The van der Waals surface area contributed by atoms with Crippen molar-refractivity contribution < 1.29 is 9.47 Å². The van der Waals surface area contributed by atoms with Crippen LogP contribution in [-0.4, -0.2) is 17.7 Å². The van der Waals surface area contributed by atoms with Crippen molar-refractivity contribution in [1.29, 1.82) is 0 Å². The van der Waals surface area contributed by atoms with E-state index in [0.717, 1.165) is 24.8 Å². The SMILES string of the molecule is CCCC1c2cc3c(nc2OC1C)OCC3. The summed E-state index contributed by atoms with van der Waals surface area (Å²) >= 11 is 0. The average molecular weight is 219 g/mol. The Hall–Kier alpha value is -1.25. The molecule has 0 saturated heterocycles. The number of hydrogen-bond acceptors (Lipinski definition) is 3. The maximum atomic E-state index is 5.81. The summed E-state index contributed by atoms with van der Waals surface area (Å²) in [7, 11) is 0. The zero-order chi connectivity index (χ0) is 11.1. The third kappa shape index (κ3) is 1.38. The number of ether oxygens (including phenoxy) is 2. The number of rotatable bonds is 2. The molecule has 0 saturated carbocycles. The zero-order valence-corrected chi connectivity index (χ0v) is 9.82. The van der Waals surface area contributed by atoms with Gasteiger partial charge in [0.1, 0.15) is 6.10 Å². The lowest BCUT2D eigenvalue weighted by Crippen LogP contribution is -2.13. The van der Waals surface area contributed by atoms with Crippen molar-refractivity contribution in [3.8, 4) is 11.8 Å². The molecule has 3 heteroatoms. The summed E-state index contributed by atoms with van der Waals surface area (Å²) in [4.78, 5) is 4.47. The minimum atomic E-state index is 0.255. The second-order valence-electron chi connectivity index (χ2n) is 4.66. The maximum Gasteiger partial charge on any atom is 0.220 e. The van der Waals surface area contributed by atoms with Crippen LogP contribution in [0.15, 0.2) is 6.07 Å². The zero-order valence-electron chi connectivity index (χ0n) is 9.82. The largest absolute Gasteiger partial charge is 0.477 e. The molecule has 2 aliphatic rings. The number of nitrogens with zero attached hydrogens (tertiary/aromatic N) is 1. The van der Waals surface area contributed by atoms with Gasteiger partial charge in [-0.25, -0.2) is 0 Å². The lowest BCUT2D eigenvalue weighted by molar-refractivity contribution is 0.212. The minimum absolute atomic E-state index is 0.255. The highest BCUT2D eigenvalue weighted by Crippen LogP contribution is 2.42. The summed E-state index contributed by atoms with van der Waals surface area (Å²) in [6.07, 6.45) is 3.61. The molecule has 86 valence electrons. The summed E-state index contributed by atoms with van der Waals surface area (Å²) in [6.45, 7) is 5.11. The van der Waals surface area contributed by atoms with E-state index in [4.69, 9.17) is 9.47 Å². The predicted molar refractivity (Wildman–Crippen MR) is 61.2 cm³/mol. The molecule has 3 rings (SSSR count). The lowest BCUT2D eigenvalue weighted by Gasteiger charge is -2.12. The Bertz CT molecular complexity index is 417. The van der Waals surface area contributed by atoms with Gasteiger partial charge in [-0.1, -0.05) is 13.3 Å². The van der Waals surface area contributed by atoms with Crippen LogP contribution in [0.1, 0.15) is 43.7 Å². The van der Waals surface area contributed by atoms with Gasteiger partial charge in [0.2, 0.25) is 11.8 Å². The average Bonchev–Trinajstić information content (AvgIpc) is 2.81. The molecule has 3 nitrogen and oxygen atoms in total. The molecule has 0 radical (unpaired) electrons. The van der Waals surface area contributed by atoms with Gasteiger partial charge < -0.3 is 9.47 Å². The van der Waals surface area contributed by atoms with E-state index in [2.05, 4.69) is 24.9 Å². The standard InChI is InChI=1S/C13H17NO2/c1-3-4-10-8(2)16-13-11(10)7-9-5-6-15-12(9)14-13/h7-8,10H,3-6H2,1-2H3. The van der Waals surface area contributed by atoms with Gasteiger partial charge in [-0.3, -0.25) is 0 Å². The third-order valence-corrected chi connectivity index (χ3v) is 3.53. The second-order valence-corrected chi connectivity index (χ2v) is 4.66. The normalized spacial score (nSPS) is 25.9. The smallest absolute Gasteiger partial charge is 0.220 e. The van der Waals surface area contributed by atoms with Crippen molar-refractivity contribution in [2.45, 2.75) is 45.1 Å². The first-order valence-corrected chi connectivity index (χ1v) is 6.13. The molecule has 2 unspecified atom stereocenters. The Labute approximate surface area is 95.8 Å². The van der Waals surface area contributed by atoms with Crippen molar-refractivity contribution in [2.24, 2.45) is 0 Å². The van der Waals surface area contributed by atoms with Gasteiger partial charge in [-0.2, -0.15) is 4.98 Å². The van der Waals surface area contributed by atoms with E-state index in [0.29, 0.717) is 5.92 Å². The van der Waals surface area contributed by atoms with Crippen LogP contribution in [0.4, 0.5) is 0 Å². The van der Waals surface area contributed by atoms with Crippen molar-refractivity contribution in [2.75, 3.05) is 6.61 Å². The van der Waals surface area contributed by atoms with E-state index in [1.807, 2.05) is 0 Å². The minimum Gasteiger partial charge on any atom is -0.477 e. The fraction of sp³-hybridized carbons (Fsp3) is 0.615. The fourth-order valence-corrected chi connectivity index (χ4v) is 2.67. The van der Waals surface area contributed by atoms with E-state index in [9.17, 15) is 0 Å². The molecule has 16 heavy (non-hydrogen) atoms. The maximum absolute atomic E-state index is 5.81. The molecule has 0 aliphatic carbocycles. The van der Waals surface area contributed by atoms with E-state index in [1.165, 1.54) is 24.0 Å². The highest BCUT2D eigenvalue weighted by atomic mass is 16.5. The molecule has 3 heterocycles. The van der Waals surface area contributed by atoms with Crippen LogP contribution >= 0.6 is 0 Å². The Morgan fingerprint density at radius 3 is 3.12 bits per heavy atom. The highest BCUT2D eigenvalue weighted by Gasteiger charge is 2.33.